The van der Waals surface area contributed by atoms with Crippen LogP contribution >= 0.6 is 11.6 Å². The van der Waals surface area contributed by atoms with Crippen molar-refractivity contribution in [3.63, 3.8) is 0 Å². The highest BCUT2D eigenvalue weighted by Crippen LogP contribution is 1.97. The summed E-state index contributed by atoms with van der Waals surface area (Å²) in [7, 11) is 0. The molecule has 0 aliphatic rings. The molecular weight excluding hydrogens is 192 g/mol. The Kier molecular flexibility index (Phi) is 7.39. The Morgan fingerprint density at radius 3 is 2.54 bits per heavy atom. The van der Waals surface area contributed by atoms with Crippen molar-refractivity contribution in [3.05, 3.63) is 0 Å². The van der Waals surface area contributed by atoms with Crippen LogP contribution in [-0.4, -0.2) is 17.9 Å². The molecule has 0 saturated heterocycles. The molecule has 4 nitrogen and oxygen atoms in total. The summed E-state index contributed by atoms with van der Waals surface area (Å²) >= 11 is 5.22. The van der Waals surface area contributed by atoms with E-state index < -0.39 is 6.03 Å². The summed E-state index contributed by atoms with van der Waals surface area (Å²) < 4.78 is 0. The molecule has 0 fully saturated rings. The zero-order chi connectivity index (χ0) is 10.1. The first-order chi connectivity index (χ1) is 6.20. The van der Waals surface area contributed by atoms with Crippen LogP contribution in [0.5, 0.6) is 0 Å². The maximum Gasteiger partial charge on any atom is 0.322 e. The van der Waals surface area contributed by atoms with Crippen molar-refractivity contribution in [3.8, 4) is 0 Å². The molecule has 0 aromatic carbocycles. The molecule has 3 amide bonds. The predicted molar refractivity (Wildman–Crippen MR) is 51.5 cm³/mol. The topological polar surface area (TPSA) is 58.2 Å². The first kappa shape index (κ1) is 12.2. The zero-order valence-electron chi connectivity index (χ0n) is 7.73. The molecule has 76 valence electrons. The number of hydrogen-bond acceptors (Lipinski definition) is 2. The molecule has 0 aromatic rings. The van der Waals surface area contributed by atoms with Crippen LogP contribution in [0.25, 0.3) is 0 Å². The first-order valence-electron chi connectivity index (χ1n) is 4.34. The molecule has 13 heavy (non-hydrogen) atoms. The van der Waals surface area contributed by atoms with Crippen LogP contribution in [0.3, 0.4) is 0 Å². The monoisotopic (exact) mass is 206 g/mol. The summed E-state index contributed by atoms with van der Waals surface area (Å²) in [6.45, 7) is 2.05. The maximum absolute atomic E-state index is 11.0. The van der Waals surface area contributed by atoms with Crippen LogP contribution in [0.1, 0.15) is 32.6 Å². The van der Waals surface area contributed by atoms with E-state index >= 15 is 0 Å². The number of halogens is 1. The number of carbonyl (C=O) groups is 2. The van der Waals surface area contributed by atoms with Crippen LogP contribution in [0.2, 0.25) is 0 Å². The third kappa shape index (κ3) is 7.59. The Balaban J connectivity index is 3.44. The quantitative estimate of drug-likeness (QED) is 0.408. The van der Waals surface area contributed by atoms with Gasteiger partial charge in [0.25, 0.3) is 0 Å². The lowest BCUT2D eigenvalue weighted by Crippen LogP contribution is -2.38. The molecule has 2 N–H and O–H groups in total. The van der Waals surface area contributed by atoms with Crippen molar-refractivity contribution in [1.29, 1.82) is 0 Å². The highest BCUT2D eigenvalue weighted by Gasteiger charge is 2.05. The summed E-state index contributed by atoms with van der Waals surface area (Å²) in [5, 5.41) is 4.43. The van der Waals surface area contributed by atoms with Gasteiger partial charge in [0.1, 0.15) is 0 Å². The number of unbranched alkanes of at least 4 members (excludes halogenated alkanes) is 2. The Hall–Kier alpha value is -0.770. The Morgan fingerprint density at radius 1 is 1.31 bits per heavy atom. The SMILES string of the molecule is CCCCCC(=O)NC(=O)NCCl. The summed E-state index contributed by atoms with van der Waals surface area (Å²) in [6, 6.07) is -0.523. The summed E-state index contributed by atoms with van der Waals surface area (Å²) in [5.41, 5.74) is 0. The fraction of sp³-hybridized carbons (Fsp3) is 0.750. The molecule has 0 aliphatic carbocycles. The van der Waals surface area contributed by atoms with Gasteiger partial charge in [0.2, 0.25) is 5.91 Å². The molecule has 0 atom stereocenters. The van der Waals surface area contributed by atoms with Gasteiger partial charge in [-0.1, -0.05) is 19.8 Å². The fourth-order valence-corrected chi connectivity index (χ4v) is 0.951. The maximum atomic E-state index is 11.0. The molecule has 5 heteroatoms. The second-order valence-corrected chi connectivity index (χ2v) is 2.91. The second kappa shape index (κ2) is 7.86. The van der Waals surface area contributed by atoms with E-state index in [-0.39, 0.29) is 11.9 Å². The third-order valence-corrected chi connectivity index (χ3v) is 1.62. The van der Waals surface area contributed by atoms with Gasteiger partial charge in [-0.2, -0.15) is 0 Å². The Bertz CT molecular complexity index is 174. The van der Waals surface area contributed by atoms with Gasteiger partial charge in [0, 0.05) is 6.42 Å². The summed E-state index contributed by atoms with van der Waals surface area (Å²) in [6.07, 6.45) is 3.27. The number of nitrogens with one attached hydrogen (secondary N) is 2. The van der Waals surface area contributed by atoms with Crippen LogP contribution < -0.4 is 10.6 Å². The van der Waals surface area contributed by atoms with E-state index in [1.807, 2.05) is 0 Å². The predicted octanol–water partition coefficient (Wildman–Crippen LogP) is 1.59. The van der Waals surface area contributed by atoms with Crippen LogP contribution in [0.4, 0.5) is 4.79 Å². The first-order valence-corrected chi connectivity index (χ1v) is 4.87. The Morgan fingerprint density at radius 2 is 2.00 bits per heavy atom. The number of carbonyl (C=O) groups excluding carboxylic acids is 2. The lowest BCUT2D eigenvalue weighted by molar-refractivity contribution is -0.120. The van der Waals surface area contributed by atoms with Crippen molar-refractivity contribution in [2.45, 2.75) is 32.6 Å². The highest BCUT2D eigenvalue weighted by molar-refractivity contribution is 6.18. The van der Waals surface area contributed by atoms with Crippen LogP contribution in [0.15, 0.2) is 0 Å². The van der Waals surface area contributed by atoms with Crippen molar-refractivity contribution < 1.29 is 9.59 Å². The number of rotatable bonds is 5. The largest absolute Gasteiger partial charge is 0.324 e. The summed E-state index contributed by atoms with van der Waals surface area (Å²) in [4.78, 5) is 21.7. The molecule has 0 aromatic heterocycles. The van der Waals surface area contributed by atoms with Gasteiger partial charge in [0.15, 0.2) is 0 Å². The number of imide groups is 1. The van der Waals surface area contributed by atoms with E-state index in [2.05, 4.69) is 17.6 Å². The summed E-state index contributed by atoms with van der Waals surface area (Å²) in [5.74, 6) is -0.254. The lowest BCUT2D eigenvalue weighted by Gasteiger charge is -2.02. The molecule has 0 aliphatic heterocycles. The normalized spacial score (nSPS) is 9.38. The number of hydrogen-bond donors (Lipinski definition) is 2. The minimum absolute atomic E-state index is 0.00801. The standard InChI is InChI=1S/C8H15ClN2O2/c1-2-3-4-5-7(12)11-8(13)10-6-9/h2-6H2,1H3,(H2,10,11,12,13). The molecule has 0 bridgehead atoms. The van der Waals surface area contributed by atoms with E-state index in [9.17, 15) is 9.59 Å². The minimum Gasteiger partial charge on any atom is -0.324 e. The molecule has 0 spiro atoms. The van der Waals surface area contributed by atoms with E-state index in [0.29, 0.717) is 6.42 Å². The van der Waals surface area contributed by atoms with Crippen molar-refractivity contribution in [2.75, 3.05) is 6.00 Å². The molecule has 0 rings (SSSR count). The second-order valence-electron chi connectivity index (χ2n) is 2.64. The molecule has 0 saturated carbocycles. The Labute approximate surface area is 83.0 Å². The van der Waals surface area contributed by atoms with E-state index in [4.69, 9.17) is 11.6 Å². The number of alkyl halides is 1. The number of urea groups is 1. The molecular formula is C8H15ClN2O2. The van der Waals surface area contributed by atoms with Gasteiger partial charge in [-0.25, -0.2) is 4.79 Å². The average Bonchev–Trinajstić information content (AvgIpc) is 2.05. The van der Waals surface area contributed by atoms with E-state index in [1.54, 1.807) is 0 Å². The fourth-order valence-electron chi connectivity index (χ4n) is 0.830. The van der Waals surface area contributed by atoms with Gasteiger partial charge in [-0.05, 0) is 6.42 Å². The lowest BCUT2D eigenvalue weighted by atomic mass is 10.2. The van der Waals surface area contributed by atoms with Crippen molar-refractivity contribution in [2.24, 2.45) is 0 Å². The third-order valence-electron chi connectivity index (χ3n) is 1.49. The van der Waals surface area contributed by atoms with Crippen molar-refractivity contribution in [1.82, 2.24) is 10.6 Å². The smallest absolute Gasteiger partial charge is 0.322 e. The van der Waals surface area contributed by atoms with Crippen LogP contribution in [-0.2, 0) is 4.79 Å². The zero-order valence-corrected chi connectivity index (χ0v) is 8.49. The molecule has 0 unspecified atom stereocenters. The number of amides is 3. The van der Waals surface area contributed by atoms with Gasteiger partial charge in [0.05, 0.1) is 6.00 Å². The minimum atomic E-state index is -0.531. The van der Waals surface area contributed by atoms with Crippen molar-refractivity contribution >= 4 is 23.5 Å². The highest BCUT2D eigenvalue weighted by atomic mass is 35.5. The van der Waals surface area contributed by atoms with Gasteiger partial charge >= 0.3 is 6.03 Å². The van der Waals surface area contributed by atoms with E-state index in [1.165, 1.54) is 0 Å². The molecule has 0 radical (unpaired) electrons. The molecule has 0 heterocycles. The van der Waals surface area contributed by atoms with Crippen LogP contribution in [0, 0.1) is 0 Å². The average molecular weight is 207 g/mol. The van der Waals surface area contributed by atoms with Gasteiger partial charge in [-0.15, -0.1) is 11.6 Å². The van der Waals surface area contributed by atoms with Gasteiger partial charge in [-0.3, -0.25) is 10.1 Å². The van der Waals surface area contributed by atoms with Gasteiger partial charge < -0.3 is 5.32 Å². The van der Waals surface area contributed by atoms with E-state index in [0.717, 1.165) is 19.3 Å².